The number of hydrogen-bond acceptors (Lipinski definition) is 3. The summed E-state index contributed by atoms with van der Waals surface area (Å²) in [5.74, 6) is 0. The van der Waals surface area contributed by atoms with Crippen LogP contribution in [0.1, 0.15) is 46.6 Å². The third kappa shape index (κ3) is 7.24. The Labute approximate surface area is 298 Å². The van der Waals surface area contributed by atoms with Crippen LogP contribution in [0.25, 0.3) is 33.8 Å². The highest BCUT2D eigenvalue weighted by Gasteiger charge is 2.54. The van der Waals surface area contributed by atoms with Crippen LogP contribution in [-0.2, 0) is 0 Å². The van der Waals surface area contributed by atoms with Gasteiger partial charge in [0.1, 0.15) is 30.5 Å². The molecule has 1 spiro atoms. The minimum Gasteiger partial charge on any atom is -0.311 e. The van der Waals surface area contributed by atoms with Crippen LogP contribution in [0, 0.1) is 0 Å². The molecule has 0 radical (unpaired) electrons. The van der Waals surface area contributed by atoms with Crippen LogP contribution in [0.5, 0.6) is 0 Å². The summed E-state index contributed by atoms with van der Waals surface area (Å²) in [6.07, 6.45) is 10.0. The van der Waals surface area contributed by atoms with E-state index in [2.05, 4.69) is 176 Å². The molecule has 1 saturated heterocycles. The number of hydrogen-bond donors (Lipinski definition) is 0. The molecular formula is C45H48N5+. The van der Waals surface area contributed by atoms with E-state index in [9.17, 15) is 0 Å². The summed E-state index contributed by atoms with van der Waals surface area (Å²) in [5.41, 5.74) is 11.3. The summed E-state index contributed by atoms with van der Waals surface area (Å²) in [7, 11) is 0. The molecule has 1 fully saturated rings. The summed E-state index contributed by atoms with van der Waals surface area (Å²) in [6.45, 7) is 12.9. The molecule has 0 bridgehead atoms. The quantitative estimate of drug-likeness (QED) is 0.126. The highest BCUT2D eigenvalue weighted by Crippen LogP contribution is 2.44. The Hall–Kier alpha value is -5.52. The third-order valence-electron chi connectivity index (χ3n) is 9.17. The van der Waals surface area contributed by atoms with Gasteiger partial charge in [0.2, 0.25) is 0 Å². The minimum absolute atomic E-state index is 0.669. The maximum atomic E-state index is 4.53. The van der Waals surface area contributed by atoms with Gasteiger partial charge in [-0.15, -0.1) is 5.10 Å². The molecule has 0 aliphatic carbocycles. The van der Waals surface area contributed by atoms with Crippen LogP contribution < -0.4 is 4.90 Å². The highest BCUT2D eigenvalue weighted by molar-refractivity contribution is 5.78. The van der Waals surface area contributed by atoms with Crippen LogP contribution in [0.2, 0.25) is 0 Å². The van der Waals surface area contributed by atoms with E-state index in [1.54, 1.807) is 0 Å². The minimum atomic E-state index is 0.669. The van der Waals surface area contributed by atoms with E-state index in [1.807, 2.05) is 36.9 Å². The molecule has 3 heterocycles. The molecule has 5 heteroatoms. The SMILES string of the molecule is CC.CC1C[N+]12CC=CC=C2c1cccc(-n2cc(-c3ccc(-c4ccc(N(c5ccccc5)c5ccccc5)cc4)cc3)nn2)c1.CCC. The van der Waals surface area contributed by atoms with Crippen molar-refractivity contribution < 1.29 is 4.48 Å². The number of rotatable bonds is 7. The average Bonchev–Trinajstić information content (AvgIpc) is 3.54. The van der Waals surface area contributed by atoms with Crippen molar-refractivity contribution >= 4 is 22.8 Å². The molecule has 2 aliphatic heterocycles. The number of aromatic nitrogens is 3. The lowest BCUT2D eigenvalue weighted by Gasteiger charge is -2.25. The Bertz CT molecular complexity index is 1990. The molecule has 1 aromatic heterocycles. The molecular weight excluding hydrogens is 611 g/mol. The largest absolute Gasteiger partial charge is 0.311 e. The summed E-state index contributed by atoms with van der Waals surface area (Å²) in [6, 6.07) is 47.6. The maximum absolute atomic E-state index is 4.53. The molecule has 0 N–H and O–H groups in total. The lowest BCUT2D eigenvalue weighted by Crippen LogP contribution is -2.28. The van der Waals surface area contributed by atoms with Crippen molar-refractivity contribution in [2.45, 2.75) is 47.1 Å². The number of para-hydroxylation sites is 2. The molecule has 2 unspecified atom stereocenters. The zero-order valence-electron chi connectivity index (χ0n) is 29.9. The van der Waals surface area contributed by atoms with Crippen molar-refractivity contribution in [2.75, 3.05) is 18.0 Å². The first kappa shape index (κ1) is 34.3. The molecule has 2 atom stereocenters. The molecule has 0 amide bonds. The summed E-state index contributed by atoms with van der Waals surface area (Å²) >= 11 is 0. The zero-order chi connectivity index (χ0) is 34.9. The molecule has 5 aromatic carbocycles. The number of quaternary nitrogens is 1. The van der Waals surface area contributed by atoms with Crippen molar-refractivity contribution in [3.05, 3.63) is 163 Å². The highest BCUT2D eigenvalue weighted by atomic mass is 15.5. The first-order valence-corrected chi connectivity index (χ1v) is 18.0. The topological polar surface area (TPSA) is 34.0 Å². The fourth-order valence-corrected chi connectivity index (χ4v) is 6.59. The van der Waals surface area contributed by atoms with Crippen molar-refractivity contribution in [3.63, 3.8) is 0 Å². The predicted octanol–water partition coefficient (Wildman–Crippen LogP) is 11.6. The van der Waals surface area contributed by atoms with E-state index >= 15 is 0 Å². The van der Waals surface area contributed by atoms with Crippen molar-refractivity contribution in [1.29, 1.82) is 0 Å². The fraction of sp³-hybridized carbons (Fsp3) is 0.200. The van der Waals surface area contributed by atoms with Gasteiger partial charge in [-0.05, 0) is 84.8 Å². The van der Waals surface area contributed by atoms with Gasteiger partial charge in [0.15, 0.2) is 0 Å². The van der Waals surface area contributed by atoms with E-state index in [0.717, 1.165) is 50.6 Å². The van der Waals surface area contributed by atoms with Gasteiger partial charge in [-0.1, -0.05) is 124 Å². The van der Waals surface area contributed by atoms with Gasteiger partial charge >= 0.3 is 0 Å². The van der Waals surface area contributed by atoms with E-state index < -0.39 is 0 Å². The van der Waals surface area contributed by atoms with E-state index in [4.69, 9.17) is 0 Å². The molecule has 0 saturated carbocycles. The standard InChI is InChI=1S/C40H34N5.C3H8.C2H6/c1-30-29-45(30)26-9-8-17-40(45)34-11-10-16-38(27-34)43-28-39(41-42-43)33-20-18-31(19-21-33)32-22-24-37(25-23-32)44(35-12-4-2-5-13-35)36-14-6-3-7-15-36;1-3-2;1-2/h2-25,27-28,30H,26,29H2,1H3;3H2,1-2H3;1-2H3/q+1;;. The van der Waals surface area contributed by atoms with Crippen LogP contribution in [0.15, 0.2) is 158 Å². The van der Waals surface area contributed by atoms with Crippen LogP contribution in [0.4, 0.5) is 17.1 Å². The van der Waals surface area contributed by atoms with Crippen LogP contribution in [0.3, 0.4) is 0 Å². The zero-order valence-corrected chi connectivity index (χ0v) is 29.9. The molecule has 5 nitrogen and oxygen atoms in total. The van der Waals surface area contributed by atoms with E-state index in [-0.39, 0.29) is 0 Å². The molecule has 2 aliphatic rings. The Morgan fingerprint density at radius 2 is 1.22 bits per heavy atom. The first-order chi connectivity index (χ1) is 24.6. The number of benzene rings is 5. The Morgan fingerprint density at radius 3 is 1.80 bits per heavy atom. The average molecular weight is 659 g/mol. The van der Waals surface area contributed by atoms with Gasteiger partial charge in [0, 0.05) is 28.2 Å². The van der Waals surface area contributed by atoms with Gasteiger partial charge in [0.05, 0.1) is 11.9 Å². The maximum Gasteiger partial charge on any atom is 0.141 e. The van der Waals surface area contributed by atoms with Crippen molar-refractivity contribution in [1.82, 2.24) is 15.0 Å². The Morgan fingerprint density at radius 1 is 0.680 bits per heavy atom. The number of allylic oxidation sites excluding steroid dienone is 2. The Kier molecular flexibility index (Phi) is 10.9. The summed E-state index contributed by atoms with van der Waals surface area (Å²) < 4.78 is 2.93. The monoisotopic (exact) mass is 658 g/mol. The van der Waals surface area contributed by atoms with Crippen LogP contribution in [-0.4, -0.2) is 38.6 Å². The summed E-state index contributed by atoms with van der Waals surface area (Å²) in [5, 5.41) is 9.02. The normalized spacial score (nSPS) is 17.1. The first-order valence-electron chi connectivity index (χ1n) is 18.0. The lowest BCUT2D eigenvalue weighted by atomic mass is 10.0. The number of nitrogens with zero attached hydrogens (tertiary/aromatic N) is 5. The predicted molar refractivity (Wildman–Crippen MR) is 211 cm³/mol. The van der Waals surface area contributed by atoms with Gasteiger partial charge < -0.3 is 4.90 Å². The summed E-state index contributed by atoms with van der Waals surface area (Å²) in [4.78, 5) is 2.28. The van der Waals surface area contributed by atoms with Crippen molar-refractivity contribution in [3.8, 4) is 28.1 Å². The second kappa shape index (κ2) is 15.8. The van der Waals surface area contributed by atoms with E-state index in [1.165, 1.54) is 29.8 Å². The fourth-order valence-electron chi connectivity index (χ4n) is 6.59. The lowest BCUT2D eigenvalue weighted by molar-refractivity contribution is -0.728. The Balaban J connectivity index is 0.000000822. The van der Waals surface area contributed by atoms with E-state index in [0.29, 0.717) is 6.04 Å². The van der Waals surface area contributed by atoms with Gasteiger partial charge in [-0.2, -0.15) is 0 Å². The van der Waals surface area contributed by atoms with Gasteiger partial charge in [0.25, 0.3) is 0 Å². The molecule has 8 rings (SSSR count). The number of anilines is 3. The van der Waals surface area contributed by atoms with Crippen molar-refractivity contribution in [2.24, 2.45) is 0 Å². The molecule has 6 aromatic rings. The van der Waals surface area contributed by atoms with Gasteiger partial charge in [-0.3, -0.25) is 4.48 Å². The molecule has 50 heavy (non-hydrogen) atoms. The molecule has 252 valence electrons. The third-order valence-corrected chi connectivity index (χ3v) is 9.17. The second-order valence-corrected chi connectivity index (χ2v) is 12.7. The van der Waals surface area contributed by atoms with Gasteiger partial charge in [-0.25, -0.2) is 4.68 Å². The van der Waals surface area contributed by atoms with Crippen LogP contribution >= 0.6 is 0 Å². The smallest absolute Gasteiger partial charge is 0.141 e. The second-order valence-electron chi connectivity index (χ2n) is 12.7.